The molecule has 0 radical (unpaired) electrons. The summed E-state index contributed by atoms with van der Waals surface area (Å²) < 4.78 is 31.3. The Morgan fingerprint density at radius 2 is 2.25 bits per heavy atom. The fourth-order valence-electron chi connectivity index (χ4n) is 2.04. The summed E-state index contributed by atoms with van der Waals surface area (Å²) in [7, 11) is -1.90. The van der Waals surface area contributed by atoms with Crippen molar-refractivity contribution < 1.29 is 13.2 Å². The maximum absolute atomic E-state index is 12.4. The molecule has 0 bridgehead atoms. The van der Waals surface area contributed by atoms with Crippen LogP contribution in [-0.2, 0) is 21.3 Å². The molecule has 0 atom stereocenters. The van der Waals surface area contributed by atoms with Crippen molar-refractivity contribution in [3.63, 3.8) is 0 Å². The number of sulfonamides is 1. The van der Waals surface area contributed by atoms with Crippen molar-refractivity contribution in [1.82, 2.24) is 9.29 Å². The lowest BCUT2D eigenvalue weighted by atomic mass is 10.1. The molecule has 7 heteroatoms. The molecule has 2 heterocycles. The van der Waals surface area contributed by atoms with Crippen LogP contribution in [0, 0.1) is 0 Å². The first-order chi connectivity index (χ1) is 9.57. The van der Waals surface area contributed by atoms with E-state index in [9.17, 15) is 8.42 Å². The van der Waals surface area contributed by atoms with Crippen LogP contribution in [0.5, 0.6) is 0 Å². The van der Waals surface area contributed by atoms with Crippen LogP contribution in [0.25, 0.3) is 0 Å². The number of hydrogen-bond acceptors (Lipinski definition) is 5. The number of rotatable bonds is 5. The number of nitrogens with two attached hydrogens (primary N) is 1. The third-order valence-electron chi connectivity index (χ3n) is 3.23. The normalized spacial score (nSPS) is 17.0. The SMILES string of the molecule is COCC1=CCN(S(=O)(=O)c2ccc(CN)cn2)CC1. The lowest BCUT2D eigenvalue weighted by molar-refractivity contribution is 0.219. The molecule has 0 spiro atoms. The molecule has 0 saturated carbocycles. The topological polar surface area (TPSA) is 85.5 Å². The summed E-state index contributed by atoms with van der Waals surface area (Å²) >= 11 is 0. The molecule has 2 N–H and O–H groups in total. The summed E-state index contributed by atoms with van der Waals surface area (Å²) in [4.78, 5) is 4.00. The Kier molecular flexibility index (Phi) is 4.87. The highest BCUT2D eigenvalue weighted by Crippen LogP contribution is 2.19. The van der Waals surface area contributed by atoms with Crippen molar-refractivity contribution >= 4 is 10.0 Å². The molecule has 0 unspecified atom stereocenters. The maximum atomic E-state index is 12.4. The highest BCUT2D eigenvalue weighted by atomic mass is 32.2. The van der Waals surface area contributed by atoms with Gasteiger partial charge in [0.05, 0.1) is 6.61 Å². The van der Waals surface area contributed by atoms with Crippen molar-refractivity contribution in [3.8, 4) is 0 Å². The van der Waals surface area contributed by atoms with Crippen LogP contribution in [0.15, 0.2) is 35.0 Å². The van der Waals surface area contributed by atoms with Gasteiger partial charge in [-0.25, -0.2) is 13.4 Å². The second kappa shape index (κ2) is 6.45. The van der Waals surface area contributed by atoms with E-state index < -0.39 is 10.0 Å². The van der Waals surface area contributed by atoms with E-state index in [2.05, 4.69) is 4.98 Å². The molecule has 110 valence electrons. The predicted molar refractivity (Wildman–Crippen MR) is 75.5 cm³/mol. The number of methoxy groups -OCH3 is 1. The first-order valence-corrected chi connectivity index (χ1v) is 7.84. The minimum Gasteiger partial charge on any atom is -0.380 e. The molecule has 0 saturated heterocycles. The van der Waals surface area contributed by atoms with Gasteiger partial charge in [0.2, 0.25) is 0 Å². The summed E-state index contributed by atoms with van der Waals surface area (Å²) in [6.07, 6.45) is 4.09. The Labute approximate surface area is 119 Å². The zero-order chi connectivity index (χ0) is 14.6. The monoisotopic (exact) mass is 297 g/mol. The average molecular weight is 297 g/mol. The molecule has 20 heavy (non-hydrogen) atoms. The van der Waals surface area contributed by atoms with E-state index in [4.69, 9.17) is 10.5 Å². The zero-order valence-electron chi connectivity index (χ0n) is 11.4. The van der Waals surface area contributed by atoms with Crippen LogP contribution in [-0.4, -0.2) is 44.5 Å². The Bertz CT molecular complexity index is 581. The Morgan fingerprint density at radius 3 is 2.75 bits per heavy atom. The second-order valence-electron chi connectivity index (χ2n) is 4.62. The van der Waals surface area contributed by atoms with Crippen LogP contribution in [0.2, 0.25) is 0 Å². The van der Waals surface area contributed by atoms with Gasteiger partial charge in [0, 0.05) is 32.9 Å². The van der Waals surface area contributed by atoms with Gasteiger partial charge in [-0.2, -0.15) is 4.31 Å². The van der Waals surface area contributed by atoms with Crippen LogP contribution >= 0.6 is 0 Å². The molecule has 0 aliphatic carbocycles. The molecular formula is C13H19N3O3S. The Balaban J connectivity index is 2.15. The van der Waals surface area contributed by atoms with Crippen LogP contribution in [0.4, 0.5) is 0 Å². The maximum Gasteiger partial charge on any atom is 0.260 e. The first-order valence-electron chi connectivity index (χ1n) is 6.40. The Morgan fingerprint density at radius 1 is 1.45 bits per heavy atom. The molecular weight excluding hydrogens is 278 g/mol. The molecule has 1 aromatic rings. The molecule has 1 aliphatic rings. The van der Waals surface area contributed by atoms with E-state index in [1.807, 2.05) is 6.08 Å². The summed E-state index contributed by atoms with van der Waals surface area (Å²) in [6, 6.07) is 3.20. The lowest BCUT2D eigenvalue weighted by Gasteiger charge is -2.25. The van der Waals surface area contributed by atoms with Crippen LogP contribution in [0.1, 0.15) is 12.0 Å². The van der Waals surface area contributed by atoms with Gasteiger partial charge in [-0.05, 0) is 23.6 Å². The lowest BCUT2D eigenvalue weighted by Crippen LogP contribution is -2.35. The molecule has 2 rings (SSSR count). The highest BCUT2D eigenvalue weighted by Gasteiger charge is 2.27. The van der Waals surface area contributed by atoms with Crippen molar-refractivity contribution in [1.29, 1.82) is 0 Å². The summed E-state index contributed by atoms with van der Waals surface area (Å²) in [5, 5.41) is 0.0679. The van der Waals surface area contributed by atoms with Crippen molar-refractivity contribution in [3.05, 3.63) is 35.5 Å². The fraction of sp³-hybridized carbons (Fsp3) is 0.462. The summed E-state index contributed by atoms with van der Waals surface area (Å²) in [5.41, 5.74) is 7.42. The van der Waals surface area contributed by atoms with Crippen molar-refractivity contribution in [2.75, 3.05) is 26.8 Å². The third kappa shape index (κ3) is 3.24. The van der Waals surface area contributed by atoms with Gasteiger partial charge in [0.25, 0.3) is 10.0 Å². The number of nitrogens with zero attached hydrogens (tertiary/aromatic N) is 2. The van der Waals surface area contributed by atoms with E-state index in [-0.39, 0.29) is 5.03 Å². The molecule has 0 aromatic carbocycles. The largest absolute Gasteiger partial charge is 0.380 e. The summed E-state index contributed by atoms with van der Waals surface area (Å²) in [5.74, 6) is 0. The molecule has 6 nitrogen and oxygen atoms in total. The second-order valence-corrected chi connectivity index (χ2v) is 6.50. The summed E-state index contributed by atoms with van der Waals surface area (Å²) in [6.45, 7) is 1.72. The van der Waals surface area contributed by atoms with Gasteiger partial charge in [0.1, 0.15) is 0 Å². The first kappa shape index (κ1) is 15.1. The number of ether oxygens (including phenoxy) is 1. The van der Waals surface area contributed by atoms with E-state index in [0.717, 1.165) is 11.1 Å². The van der Waals surface area contributed by atoms with E-state index >= 15 is 0 Å². The number of hydrogen-bond donors (Lipinski definition) is 1. The van der Waals surface area contributed by atoms with Crippen molar-refractivity contribution in [2.45, 2.75) is 18.0 Å². The zero-order valence-corrected chi connectivity index (χ0v) is 12.3. The average Bonchev–Trinajstić information content (AvgIpc) is 2.48. The minimum absolute atomic E-state index is 0.0679. The van der Waals surface area contributed by atoms with Gasteiger partial charge in [-0.3, -0.25) is 0 Å². The fourth-order valence-corrected chi connectivity index (χ4v) is 3.34. The van der Waals surface area contributed by atoms with E-state index in [1.165, 1.54) is 16.6 Å². The standard InChI is InChI=1S/C13H19N3O3S/c1-19-10-11-4-6-16(7-5-11)20(17,18)13-3-2-12(8-14)9-15-13/h2-4,9H,5-8,10,14H2,1H3. The van der Waals surface area contributed by atoms with Crippen molar-refractivity contribution in [2.24, 2.45) is 5.73 Å². The number of pyridine rings is 1. The third-order valence-corrected chi connectivity index (χ3v) is 5.01. The Hall–Kier alpha value is -1.28. The van der Waals surface area contributed by atoms with Gasteiger partial charge >= 0.3 is 0 Å². The van der Waals surface area contributed by atoms with Gasteiger partial charge in [-0.15, -0.1) is 0 Å². The van der Waals surface area contributed by atoms with Gasteiger partial charge in [0.15, 0.2) is 5.03 Å². The van der Waals surface area contributed by atoms with E-state index in [0.29, 0.717) is 32.7 Å². The molecule has 0 amide bonds. The molecule has 1 aromatic heterocycles. The quantitative estimate of drug-likeness (QED) is 0.800. The smallest absolute Gasteiger partial charge is 0.260 e. The minimum atomic E-state index is -3.53. The van der Waals surface area contributed by atoms with Gasteiger partial charge in [-0.1, -0.05) is 12.1 Å². The van der Waals surface area contributed by atoms with Crippen LogP contribution in [0.3, 0.4) is 0 Å². The highest BCUT2D eigenvalue weighted by molar-refractivity contribution is 7.89. The molecule has 0 fully saturated rings. The van der Waals surface area contributed by atoms with Gasteiger partial charge < -0.3 is 10.5 Å². The molecule has 1 aliphatic heterocycles. The van der Waals surface area contributed by atoms with Crippen LogP contribution < -0.4 is 5.73 Å². The van der Waals surface area contributed by atoms with E-state index in [1.54, 1.807) is 13.2 Å². The number of aromatic nitrogens is 1. The predicted octanol–water partition coefficient (Wildman–Crippen LogP) is 0.508.